The topological polar surface area (TPSA) is 107 Å². The van der Waals surface area contributed by atoms with Crippen LogP contribution in [0.15, 0.2) is 18.2 Å². The van der Waals surface area contributed by atoms with E-state index in [4.69, 9.17) is 25.8 Å². The van der Waals surface area contributed by atoms with E-state index in [-0.39, 0.29) is 17.9 Å². The van der Waals surface area contributed by atoms with Crippen molar-refractivity contribution in [3.05, 3.63) is 45.7 Å². The average molecular weight is 423 g/mol. The third-order valence-corrected chi connectivity index (χ3v) is 4.49. The first-order valence-corrected chi connectivity index (χ1v) is 9.29. The molecule has 2 aromatic rings. The summed E-state index contributed by atoms with van der Waals surface area (Å²) in [6.07, 6.45) is -1.08. The summed E-state index contributed by atoms with van der Waals surface area (Å²) in [4.78, 5) is 39.7. The van der Waals surface area contributed by atoms with Crippen molar-refractivity contribution in [1.29, 1.82) is 0 Å². The molecule has 0 aliphatic heterocycles. The molecule has 1 amide bonds. The lowest BCUT2D eigenvalue weighted by Gasteiger charge is -2.14. The lowest BCUT2D eigenvalue weighted by atomic mass is 10.1. The molecular weight excluding hydrogens is 400 g/mol. The van der Waals surface area contributed by atoms with Crippen molar-refractivity contribution in [1.82, 2.24) is 4.98 Å². The number of esters is 2. The minimum atomic E-state index is -1.08. The van der Waals surface area contributed by atoms with Crippen LogP contribution < -0.4 is 10.1 Å². The Balaban J connectivity index is 2.09. The Kier molecular flexibility index (Phi) is 7.28. The number of aryl methyl sites for hydroxylation is 1. The van der Waals surface area contributed by atoms with Gasteiger partial charge in [-0.1, -0.05) is 11.6 Å². The molecule has 0 saturated carbocycles. The van der Waals surface area contributed by atoms with Gasteiger partial charge in [0.1, 0.15) is 11.4 Å². The summed E-state index contributed by atoms with van der Waals surface area (Å²) >= 11 is 6.04. The van der Waals surface area contributed by atoms with E-state index in [2.05, 4.69) is 10.3 Å². The van der Waals surface area contributed by atoms with Crippen LogP contribution in [0.1, 0.15) is 46.0 Å². The normalized spacial score (nSPS) is 11.5. The zero-order valence-electron chi connectivity index (χ0n) is 16.8. The van der Waals surface area contributed by atoms with Gasteiger partial charge in [0, 0.05) is 11.4 Å². The fourth-order valence-corrected chi connectivity index (χ4v) is 2.98. The van der Waals surface area contributed by atoms with E-state index in [9.17, 15) is 14.4 Å². The highest BCUT2D eigenvalue weighted by molar-refractivity contribution is 6.32. The molecule has 1 atom stereocenters. The van der Waals surface area contributed by atoms with Gasteiger partial charge in [-0.3, -0.25) is 4.79 Å². The molecule has 9 heteroatoms. The predicted octanol–water partition coefficient (Wildman–Crippen LogP) is 3.65. The third kappa shape index (κ3) is 5.08. The maximum Gasteiger partial charge on any atom is 0.355 e. The highest BCUT2D eigenvalue weighted by Crippen LogP contribution is 2.27. The van der Waals surface area contributed by atoms with E-state index in [1.54, 1.807) is 32.9 Å². The van der Waals surface area contributed by atoms with Crippen molar-refractivity contribution in [2.24, 2.45) is 0 Å². The standard InChI is InChI=1S/C20H23ClN2O6/c1-6-28-20(26)17-10(2)16(11(3)22-17)19(25)29-12(4)18(24)23-13-7-8-15(27-5)14(21)9-13/h7-9,12,22H,6H2,1-5H3,(H,23,24)/t12-/m0/s1. The molecule has 1 heterocycles. The zero-order valence-corrected chi connectivity index (χ0v) is 17.6. The van der Waals surface area contributed by atoms with E-state index in [1.165, 1.54) is 20.1 Å². The number of hydrogen-bond acceptors (Lipinski definition) is 6. The van der Waals surface area contributed by atoms with Gasteiger partial charge in [0.2, 0.25) is 0 Å². The number of ether oxygens (including phenoxy) is 3. The second kappa shape index (κ2) is 9.47. The van der Waals surface area contributed by atoms with Gasteiger partial charge in [-0.05, 0) is 51.5 Å². The Morgan fingerprint density at radius 1 is 1.21 bits per heavy atom. The number of methoxy groups -OCH3 is 1. The molecule has 0 aliphatic rings. The molecule has 0 fully saturated rings. The van der Waals surface area contributed by atoms with Gasteiger partial charge >= 0.3 is 11.9 Å². The third-order valence-electron chi connectivity index (χ3n) is 4.19. The molecule has 1 aromatic heterocycles. The first kappa shape index (κ1) is 22.3. The van der Waals surface area contributed by atoms with Crippen LogP contribution in [-0.2, 0) is 14.3 Å². The van der Waals surface area contributed by atoms with E-state index < -0.39 is 23.9 Å². The number of benzene rings is 1. The monoisotopic (exact) mass is 422 g/mol. The second-order valence-corrected chi connectivity index (χ2v) is 6.64. The summed E-state index contributed by atoms with van der Waals surface area (Å²) in [6.45, 7) is 6.59. The fraction of sp³-hybridized carbons (Fsp3) is 0.350. The first-order chi connectivity index (χ1) is 13.7. The number of amides is 1. The molecule has 0 saturated heterocycles. The van der Waals surface area contributed by atoms with E-state index in [0.717, 1.165) is 0 Å². The minimum absolute atomic E-state index is 0.182. The van der Waals surface area contributed by atoms with Gasteiger partial charge in [-0.15, -0.1) is 0 Å². The smallest absolute Gasteiger partial charge is 0.355 e. The maximum atomic E-state index is 12.6. The molecule has 29 heavy (non-hydrogen) atoms. The van der Waals surface area contributed by atoms with Crippen molar-refractivity contribution >= 4 is 35.1 Å². The molecule has 2 rings (SSSR count). The molecule has 0 bridgehead atoms. The second-order valence-electron chi connectivity index (χ2n) is 6.23. The number of carbonyl (C=O) groups excluding carboxylic acids is 3. The Labute approximate surface area is 173 Å². The van der Waals surface area contributed by atoms with Crippen LogP contribution in [0, 0.1) is 13.8 Å². The Bertz CT molecular complexity index is 937. The van der Waals surface area contributed by atoms with Gasteiger partial charge in [0.25, 0.3) is 5.91 Å². The molecule has 2 N–H and O–H groups in total. The number of hydrogen-bond donors (Lipinski definition) is 2. The van der Waals surface area contributed by atoms with Gasteiger partial charge in [-0.25, -0.2) is 9.59 Å². The van der Waals surface area contributed by atoms with Crippen LogP contribution in [0.2, 0.25) is 5.02 Å². The van der Waals surface area contributed by atoms with Crippen molar-refractivity contribution in [2.45, 2.75) is 33.8 Å². The van der Waals surface area contributed by atoms with Crippen molar-refractivity contribution < 1.29 is 28.6 Å². The number of aromatic amines is 1. The molecular formula is C20H23ClN2O6. The summed E-state index contributed by atoms with van der Waals surface area (Å²) in [5.41, 5.74) is 1.66. The summed E-state index contributed by atoms with van der Waals surface area (Å²) in [7, 11) is 1.49. The molecule has 0 aliphatic carbocycles. The predicted molar refractivity (Wildman–Crippen MR) is 108 cm³/mol. The van der Waals surface area contributed by atoms with Crippen molar-refractivity contribution in [3.63, 3.8) is 0 Å². The van der Waals surface area contributed by atoms with E-state index >= 15 is 0 Å². The Morgan fingerprint density at radius 3 is 2.48 bits per heavy atom. The molecule has 0 unspecified atom stereocenters. The molecule has 156 valence electrons. The lowest BCUT2D eigenvalue weighted by Crippen LogP contribution is -2.30. The first-order valence-electron chi connectivity index (χ1n) is 8.91. The van der Waals surface area contributed by atoms with Gasteiger partial charge in [0.05, 0.1) is 24.3 Å². The number of rotatable bonds is 7. The van der Waals surface area contributed by atoms with Crippen molar-refractivity contribution in [2.75, 3.05) is 19.0 Å². The Morgan fingerprint density at radius 2 is 1.90 bits per heavy atom. The van der Waals surface area contributed by atoms with Crippen LogP contribution in [-0.4, -0.2) is 42.7 Å². The lowest BCUT2D eigenvalue weighted by molar-refractivity contribution is -0.123. The van der Waals surface area contributed by atoms with Crippen LogP contribution >= 0.6 is 11.6 Å². The average Bonchev–Trinajstić information content (AvgIpc) is 2.96. The van der Waals surface area contributed by atoms with Gasteiger partial charge in [-0.2, -0.15) is 0 Å². The number of halogens is 1. The summed E-state index contributed by atoms with van der Waals surface area (Å²) < 4.78 is 15.3. The number of nitrogens with one attached hydrogen (secondary N) is 2. The van der Waals surface area contributed by atoms with E-state index in [0.29, 0.717) is 27.7 Å². The zero-order chi connectivity index (χ0) is 21.7. The van der Waals surface area contributed by atoms with Crippen LogP contribution in [0.5, 0.6) is 5.75 Å². The summed E-state index contributed by atoms with van der Waals surface area (Å²) in [5.74, 6) is -1.34. The minimum Gasteiger partial charge on any atom is -0.495 e. The Hall–Kier alpha value is -3.00. The van der Waals surface area contributed by atoms with Gasteiger partial charge in [0.15, 0.2) is 6.10 Å². The SMILES string of the molecule is CCOC(=O)c1[nH]c(C)c(C(=O)O[C@@H](C)C(=O)Nc2ccc(OC)c(Cl)c2)c1C. The number of aromatic nitrogens is 1. The molecule has 8 nitrogen and oxygen atoms in total. The quantitative estimate of drug-likeness (QED) is 0.659. The fourth-order valence-electron chi connectivity index (χ4n) is 2.72. The van der Waals surface area contributed by atoms with Crippen molar-refractivity contribution in [3.8, 4) is 5.75 Å². The molecule has 0 spiro atoms. The summed E-state index contributed by atoms with van der Waals surface area (Å²) in [6, 6.07) is 4.75. The van der Waals surface area contributed by atoms with Crippen LogP contribution in [0.25, 0.3) is 0 Å². The van der Waals surface area contributed by atoms with Crippen LogP contribution in [0.3, 0.4) is 0 Å². The highest BCUT2D eigenvalue weighted by Gasteiger charge is 2.26. The number of anilines is 1. The largest absolute Gasteiger partial charge is 0.495 e. The number of carbonyl (C=O) groups is 3. The molecule has 1 aromatic carbocycles. The highest BCUT2D eigenvalue weighted by atomic mass is 35.5. The van der Waals surface area contributed by atoms with E-state index in [1.807, 2.05) is 0 Å². The summed E-state index contributed by atoms with van der Waals surface area (Å²) in [5, 5.41) is 2.96. The number of H-pyrrole nitrogens is 1. The van der Waals surface area contributed by atoms with Crippen LogP contribution in [0.4, 0.5) is 5.69 Å². The molecule has 0 radical (unpaired) electrons. The van der Waals surface area contributed by atoms with Gasteiger partial charge < -0.3 is 24.5 Å². The maximum absolute atomic E-state index is 12.6.